The molecule has 0 radical (unpaired) electrons. The fourth-order valence-corrected chi connectivity index (χ4v) is 2.71. The highest BCUT2D eigenvalue weighted by molar-refractivity contribution is 9.10. The van der Waals surface area contributed by atoms with Crippen LogP contribution in [0.2, 0.25) is 0 Å². The fraction of sp³-hybridized carbons (Fsp3) is 0.667. The molecule has 1 aromatic rings. The zero-order valence-electron chi connectivity index (χ0n) is 6.78. The molecule has 1 aromatic heterocycles. The van der Waals surface area contributed by atoms with Crippen LogP contribution in [0.1, 0.15) is 25.3 Å². The van der Waals surface area contributed by atoms with E-state index < -0.39 is 0 Å². The normalized spacial score (nSPS) is 38.2. The highest BCUT2D eigenvalue weighted by atomic mass is 79.9. The van der Waals surface area contributed by atoms with E-state index in [-0.39, 0.29) is 0 Å². The third-order valence-corrected chi connectivity index (χ3v) is 3.57. The van der Waals surface area contributed by atoms with Crippen LogP contribution in [0, 0.1) is 11.8 Å². The van der Waals surface area contributed by atoms with E-state index >= 15 is 0 Å². The first kappa shape index (κ1) is 7.13. The Morgan fingerprint density at radius 2 is 2.08 bits per heavy atom. The lowest BCUT2D eigenvalue weighted by molar-refractivity contribution is 0.426. The summed E-state index contributed by atoms with van der Waals surface area (Å²) in [5.74, 6) is 2.08. The molecule has 2 nitrogen and oxygen atoms in total. The average molecular weight is 227 g/mol. The topological polar surface area (TPSA) is 17.8 Å². The van der Waals surface area contributed by atoms with Crippen molar-refractivity contribution in [3.8, 4) is 0 Å². The first-order chi connectivity index (χ1) is 5.83. The molecule has 3 atom stereocenters. The Hall–Kier alpha value is -0.310. The van der Waals surface area contributed by atoms with Gasteiger partial charge in [0.2, 0.25) is 0 Å². The minimum atomic E-state index is 0.694. The Balaban J connectivity index is 1.81. The lowest BCUT2D eigenvalue weighted by Crippen LogP contribution is -2.06. The molecule has 12 heavy (non-hydrogen) atoms. The zero-order chi connectivity index (χ0) is 8.13. The van der Waals surface area contributed by atoms with Crippen molar-refractivity contribution >= 4 is 15.9 Å². The average Bonchev–Trinajstić information content (AvgIpc) is 2.49. The van der Waals surface area contributed by atoms with E-state index in [9.17, 15) is 0 Å². The van der Waals surface area contributed by atoms with Crippen LogP contribution < -0.4 is 0 Å². The molecule has 0 N–H and O–H groups in total. The number of halogens is 1. The zero-order valence-corrected chi connectivity index (χ0v) is 8.37. The second-order valence-electron chi connectivity index (χ2n) is 4.02. The first-order valence-electron chi connectivity index (χ1n) is 4.52. The summed E-state index contributed by atoms with van der Waals surface area (Å²) in [4.78, 5) is 0. The quantitative estimate of drug-likeness (QED) is 0.721. The smallest absolute Gasteiger partial charge is 0.0632 e. The van der Waals surface area contributed by atoms with E-state index in [0.717, 1.165) is 16.3 Å². The summed E-state index contributed by atoms with van der Waals surface area (Å²) in [6.07, 6.45) is 8.18. The van der Waals surface area contributed by atoms with Gasteiger partial charge in [0, 0.05) is 6.20 Å². The minimum absolute atomic E-state index is 0.694. The summed E-state index contributed by atoms with van der Waals surface area (Å²) in [5.41, 5.74) is 0. The Morgan fingerprint density at radius 1 is 1.33 bits per heavy atom. The molecule has 0 saturated heterocycles. The molecule has 0 spiro atoms. The standard InChI is InChI=1S/C9H11BrN2/c10-8-4-11-12(5-8)9-2-6-1-7(6)3-9/h4-7,9H,1-3H2/t6-,7+,9?. The van der Waals surface area contributed by atoms with Crippen LogP contribution in [-0.4, -0.2) is 9.78 Å². The van der Waals surface area contributed by atoms with Gasteiger partial charge in [-0.15, -0.1) is 0 Å². The predicted octanol–water partition coefficient (Wildman–Crippen LogP) is 2.62. The molecule has 0 amide bonds. The van der Waals surface area contributed by atoms with Crippen molar-refractivity contribution in [2.75, 3.05) is 0 Å². The van der Waals surface area contributed by atoms with E-state index in [4.69, 9.17) is 0 Å². The van der Waals surface area contributed by atoms with Gasteiger partial charge in [0.1, 0.15) is 0 Å². The molecule has 0 aromatic carbocycles. The molecule has 0 aliphatic heterocycles. The summed E-state index contributed by atoms with van der Waals surface area (Å²) in [6, 6.07) is 0.694. The van der Waals surface area contributed by atoms with Crippen molar-refractivity contribution in [1.82, 2.24) is 9.78 Å². The fourth-order valence-electron chi connectivity index (χ4n) is 2.41. The van der Waals surface area contributed by atoms with Gasteiger partial charge in [-0.3, -0.25) is 4.68 Å². The number of rotatable bonds is 1. The Labute approximate surface area is 80.1 Å². The molecule has 2 saturated carbocycles. The largest absolute Gasteiger partial charge is 0.269 e. The molecule has 2 aliphatic carbocycles. The summed E-state index contributed by atoms with van der Waals surface area (Å²) < 4.78 is 3.22. The Kier molecular flexibility index (Phi) is 1.39. The highest BCUT2D eigenvalue weighted by Gasteiger charge is 2.46. The number of fused-ring (bicyclic) bond motifs is 1. The lowest BCUT2D eigenvalue weighted by atomic mass is 10.2. The van der Waals surface area contributed by atoms with Crippen LogP contribution >= 0.6 is 15.9 Å². The molecule has 1 heterocycles. The van der Waals surface area contributed by atoms with Crippen LogP contribution in [0.4, 0.5) is 0 Å². The molecular formula is C9H11BrN2. The molecule has 2 fully saturated rings. The number of hydrogen-bond acceptors (Lipinski definition) is 1. The molecule has 3 rings (SSSR count). The van der Waals surface area contributed by atoms with Crippen molar-refractivity contribution in [3.05, 3.63) is 16.9 Å². The van der Waals surface area contributed by atoms with Crippen molar-refractivity contribution in [1.29, 1.82) is 0 Å². The van der Waals surface area contributed by atoms with Crippen LogP contribution in [0.25, 0.3) is 0 Å². The molecular weight excluding hydrogens is 216 g/mol. The van der Waals surface area contributed by atoms with Crippen molar-refractivity contribution < 1.29 is 0 Å². The molecule has 3 heteroatoms. The van der Waals surface area contributed by atoms with Crippen LogP contribution in [0.3, 0.4) is 0 Å². The monoisotopic (exact) mass is 226 g/mol. The summed E-state index contributed by atoms with van der Waals surface area (Å²) in [7, 11) is 0. The van der Waals surface area contributed by atoms with Gasteiger partial charge in [-0.2, -0.15) is 5.10 Å². The van der Waals surface area contributed by atoms with Crippen molar-refractivity contribution in [2.45, 2.75) is 25.3 Å². The first-order valence-corrected chi connectivity index (χ1v) is 5.32. The van der Waals surface area contributed by atoms with E-state index in [1.807, 2.05) is 6.20 Å². The Morgan fingerprint density at radius 3 is 2.67 bits per heavy atom. The summed E-state index contributed by atoms with van der Waals surface area (Å²) >= 11 is 3.42. The Bertz CT molecular complexity index is 297. The number of hydrogen-bond donors (Lipinski definition) is 0. The van der Waals surface area contributed by atoms with Gasteiger partial charge >= 0.3 is 0 Å². The van der Waals surface area contributed by atoms with Crippen molar-refractivity contribution in [3.63, 3.8) is 0 Å². The van der Waals surface area contributed by atoms with Crippen LogP contribution in [0.5, 0.6) is 0 Å². The minimum Gasteiger partial charge on any atom is -0.269 e. The van der Waals surface area contributed by atoms with E-state index in [1.54, 1.807) is 0 Å². The van der Waals surface area contributed by atoms with Gasteiger partial charge < -0.3 is 0 Å². The van der Waals surface area contributed by atoms with Gasteiger partial charge in [-0.25, -0.2) is 0 Å². The van der Waals surface area contributed by atoms with E-state index in [2.05, 4.69) is 31.9 Å². The van der Waals surface area contributed by atoms with E-state index in [1.165, 1.54) is 19.3 Å². The number of aromatic nitrogens is 2. The molecule has 64 valence electrons. The third-order valence-electron chi connectivity index (χ3n) is 3.16. The second-order valence-corrected chi connectivity index (χ2v) is 4.94. The molecule has 1 unspecified atom stereocenters. The SMILES string of the molecule is Brc1cnn(C2C[C@@H]3C[C@@H]3C2)c1. The van der Waals surface area contributed by atoms with E-state index in [0.29, 0.717) is 6.04 Å². The number of nitrogens with zero attached hydrogens (tertiary/aromatic N) is 2. The third kappa shape index (κ3) is 1.03. The van der Waals surface area contributed by atoms with Gasteiger partial charge in [0.25, 0.3) is 0 Å². The van der Waals surface area contributed by atoms with Gasteiger partial charge in [0.15, 0.2) is 0 Å². The van der Waals surface area contributed by atoms with Crippen LogP contribution in [-0.2, 0) is 0 Å². The summed E-state index contributed by atoms with van der Waals surface area (Å²) in [5, 5.41) is 4.32. The summed E-state index contributed by atoms with van der Waals surface area (Å²) in [6.45, 7) is 0. The molecule has 2 aliphatic rings. The predicted molar refractivity (Wildman–Crippen MR) is 49.8 cm³/mol. The maximum absolute atomic E-state index is 4.32. The maximum atomic E-state index is 4.32. The second kappa shape index (κ2) is 2.34. The van der Waals surface area contributed by atoms with Gasteiger partial charge in [0.05, 0.1) is 16.7 Å². The lowest BCUT2D eigenvalue weighted by Gasteiger charge is -2.11. The van der Waals surface area contributed by atoms with Gasteiger partial charge in [-0.05, 0) is 47.0 Å². The highest BCUT2D eigenvalue weighted by Crippen LogP contribution is 2.55. The van der Waals surface area contributed by atoms with Crippen molar-refractivity contribution in [2.24, 2.45) is 11.8 Å². The molecule has 0 bridgehead atoms. The van der Waals surface area contributed by atoms with Crippen LogP contribution in [0.15, 0.2) is 16.9 Å². The maximum Gasteiger partial charge on any atom is 0.0632 e. The van der Waals surface area contributed by atoms with Gasteiger partial charge in [-0.1, -0.05) is 0 Å².